The molecule has 21 heavy (non-hydrogen) atoms. The molecule has 1 saturated carbocycles. The van der Waals surface area contributed by atoms with E-state index in [9.17, 15) is 5.11 Å². The van der Waals surface area contributed by atoms with Crippen molar-refractivity contribution < 1.29 is 5.11 Å². The number of hydrogen-bond acceptors (Lipinski definition) is 6. The second-order valence-corrected chi connectivity index (χ2v) is 6.18. The third-order valence-electron chi connectivity index (χ3n) is 4.58. The van der Waals surface area contributed by atoms with Gasteiger partial charge in [0, 0.05) is 18.0 Å². The van der Waals surface area contributed by atoms with Crippen molar-refractivity contribution in [3.05, 3.63) is 11.4 Å². The maximum atomic E-state index is 9.73. The van der Waals surface area contributed by atoms with Gasteiger partial charge in [0.15, 0.2) is 0 Å². The van der Waals surface area contributed by atoms with Crippen LogP contribution >= 0.6 is 0 Å². The fourth-order valence-corrected chi connectivity index (χ4v) is 3.11. The predicted octanol–water partition coefficient (Wildman–Crippen LogP) is 1.69. The first-order chi connectivity index (χ1) is 10.2. The van der Waals surface area contributed by atoms with Crippen LogP contribution in [0.15, 0.2) is 0 Å². The highest BCUT2D eigenvalue weighted by molar-refractivity contribution is 5.59. The molecule has 0 aromatic carbocycles. The fourth-order valence-electron chi connectivity index (χ4n) is 3.11. The first kappa shape index (κ1) is 14.5. The summed E-state index contributed by atoms with van der Waals surface area (Å²) in [6.45, 7) is 3.12. The van der Waals surface area contributed by atoms with Crippen molar-refractivity contribution in [2.75, 3.05) is 23.5 Å². The van der Waals surface area contributed by atoms with Gasteiger partial charge in [-0.25, -0.2) is 15.8 Å². The Balaban J connectivity index is 1.99. The quantitative estimate of drug-likeness (QED) is 0.578. The molecule has 1 saturated heterocycles. The fraction of sp³-hybridized carbons (Fsp3) is 0.733. The SMILES string of the molecule is Cc1c(NN)nc(C2CC2)nc1N1CCCCCC1CO. The lowest BCUT2D eigenvalue weighted by atomic mass is 10.1. The van der Waals surface area contributed by atoms with Crippen LogP contribution in [0.1, 0.15) is 55.8 Å². The standard InChI is InChI=1S/C15H25N5O/c1-10-13(19-16)17-14(11-6-7-11)18-15(10)20-8-4-2-3-5-12(20)9-21/h11-12,21H,2-9,16H2,1H3,(H,17,18,19). The molecule has 1 unspecified atom stereocenters. The summed E-state index contributed by atoms with van der Waals surface area (Å²) >= 11 is 0. The van der Waals surface area contributed by atoms with E-state index in [-0.39, 0.29) is 12.6 Å². The van der Waals surface area contributed by atoms with Crippen molar-refractivity contribution in [2.24, 2.45) is 5.84 Å². The minimum Gasteiger partial charge on any atom is -0.394 e. The van der Waals surface area contributed by atoms with E-state index in [0.29, 0.717) is 11.7 Å². The number of hydrazine groups is 1. The molecule has 2 fully saturated rings. The minimum atomic E-state index is 0.152. The summed E-state index contributed by atoms with van der Waals surface area (Å²) in [6.07, 6.45) is 6.87. The van der Waals surface area contributed by atoms with Gasteiger partial charge in [-0.3, -0.25) is 0 Å². The zero-order chi connectivity index (χ0) is 14.8. The van der Waals surface area contributed by atoms with Crippen LogP contribution in [0.2, 0.25) is 0 Å². The van der Waals surface area contributed by atoms with Gasteiger partial charge in [0.25, 0.3) is 0 Å². The average Bonchev–Trinajstić information content (AvgIpc) is 3.34. The number of hydrogen-bond donors (Lipinski definition) is 3. The average molecular weight is 291 g/mol. The van der Waals surface area contributed by atoms with Crippen LogP contribution in [-0.2, 0) is 0 Å². The minimum absolute atomic E-state index is 0.152. The number of rotatable bonds is 4. The van der Waals surface area contributed by atoms with E-state index in [2.05, 4.69) is 15.3 Å². The van der Waals surface area contributed by atoms with Crippen molar-refractivity contribution in [1.82, 2.24) is 9.97 Å². The van der Waals surface area contributed by atoms with Gasteiger partial charge in [-0.05, 0) is 32.6 Å². The molecule has 4 N–H and O–H groups in total. The lowest BCUT2D eigenvalue weighted by Crippen LogP contribution is -2.39. The van der Waals surface area contributed by atoms with Crippen LogP contribution < -0.4 is 16.2 Å². The highest BCUT2D eigenvalue weighted by Crippen LogP contribution is 2.40. The summed E-state index contributed by atoms with van der Waals surface area (Å²) < 4.78 is 0. The van der Waals surface area contributed by atoms with Crippen molar-refractivity contribution >= 4 is 11.6 Å². The molecule has 6 heteroatoms. The highest BCUT2D eigenvalue weighted by atomic mass is 16.3. The summed E-state index contributed by atoms with van der Waals surface area (Å²) in [6, 6.07) is 0.152. The van der Waals surface area contributed by atoms with Crippen molar-refractivity contribution in [3.8, 4) is 0 Å². The summed E-state index contributed by atoms with van der Waals surface area (Å²) in [5.74, 6) is 8.66. The first-order valence-electron chi connectivity index (χ1n) is 7.97. The molecule has 3 rings (SSSR count). The number of aliphatic hydroxyl groups excluding tert-OH is 1. The van der Waals surface area contributed by atoms with Gasteiger partial charge in [-0.2, -0.15) is 0 Å². The largest absolute Gasteiger partial charge is 0.394 e. The van der Waals surface area contributed by atoms with E-state index in [1.165, 1.54) is 12.8 Å². The molecule has 2 heterocycles. The number of nitrogens with two attached hydrogens (primary N) is 1. The van der Waals surface area contributed by atoms with Crippen LogP contribution in [0, 0.1) is 6.92 Å². The normalized spacial score (nSPS) is 23.0. The maximum absolute atomic E-state index is 9.73. The molecule has 1 aromatic rings. The molecule has 0 amide bonds. The van der Waals surface area contributed by atoms with Crippen LogP contribution in [0.3, 0.4) is 0 Å². The van der Waals surface area contributed by atoms with E-state index < -0.39 is 0 Å². The third-order valence-corrected chi connectivity index (χ3v) is 4.58. The number of nitrogen functional groups attached to an aromatic ring is 1. The Morgan fingerprint density at radius 3 is 2.71 bits per heavy atom. The maximum Gasteiger partial charge on any atom is 0.148 e. The summed E-state index contributed by atoms with van der Waals surface area (Å²) in [4.78, 5) is 11.6. The van der Waals surface area contributed by atoms with Crippen molar-refractivity contribution in [1.29, 1.82) is 0 Å². The molecule has 1 aliphatic heterocycles. The van der Waals surface area contributed by atoms with E-state index in [1.807, 2.05) is 6.92 Å². The van der Waals surface area contributed by atoms with Gasteiger partial charge < -0.3 is 15.4 Å². The van der Waals surface area contributed by atoms with Crippen LogP contribution in [0.25, 0.3) is 0 Å². The van der Waals surface area contributed by atoms with Gasteiger partial charge in [0.2, 0.25) is 0 Å². The smallest absolute Gasteiger partial charge is 0.148 e. The van der Waals surface area contributed by atoms with Crippen LogP contribution in [0.4, 0.5) is 11.6 Å². The number of aliphatic hydroxyl groups is 1. The number of anilines is 2. The number of nitrogens with one attached hydrogen (secondary N) is 1. The molecular formula is C15H25N5O. The van der Waals surface area contributed by atoms with E-state index in [4.69, 9.17) is 10.8 Å². The molecule has 0 bridgehead atoms. The lowest BCUT2D eigenvalue weighted by molar-refractivity contribution is 0.254. The Labute approximate surface area is 125 Å². The molecule has 1 aliphatic carbocycles. The Hall–Kier alpha value is -1.40. The summed E-state index contributed by atoms with van der Waals surface area (Å²) in [5.41, 5.74) is 3.68. The van der Waals surface area contributed by atoms with Gasteiger partial charge in [0.1, 0.15) is 17.5 Å². The summed E-state index contributed by atoms with van der Waals surface area (Å²) in [7, 11) is 0. The highest BCUT2D eigenvalue weighted by Gasteiger charge is 2.30. The Morgan fingerprint density at radius 2 is 2.05 bits per heavy atom. The first-order valence-corrected chi connectivity index (χ1v) is 7.97. The number of aromatic nitrogens is 2. The number of nitrogens with zero attached hydrogens (tertiary/aromatic N) is 3. The van der Waals surface area contributed by atoms with Crippen LogP contribution in [-0.4, -0.2) is 34.3 Å². The van der Waals surface area contributed by atoms with E-state index in [0.717, 1.165) is 49.4 Å². The molecule has 6 nitrogen and oxygen atoms in total. The molecule has 0 spiro atoms. The zero-order valence-corrected chi connectivity index (χ0v) is 12.7. The zero-order valence-electron chi connectivity index (χ0n) is 12.7. The van der Waals surface area contributed by atoms with Gasteiger partial charge >= 0.3 is 0 Å². The Kier molecular flexibility index (Phi) is 4.26. The molecular weight excluding hydrogens is 266 g/mol. The molecule has 2 aliphatic rings. The molecule has 1 atom stereocenters. The van der Waals surface area contributed by atoms with Crippen LogP contribution in [0.5, 0.6) is 0 Å². The second-order valence-electron chi connectivity index (χ2n) is 6.18. The van der Waals surface area contributed by atoms with E-state index >= 15 is 0 Å². The van der Waals surface area contributed by atoms with Gasteiger partial charge in [0.05, 0.1) is 12.6 Å². The van der Waals surface area contributed by atoms with E-state index in [1.54, 1.807) is 0 Å². The molecule has 116 valence electrons. The monoisotopic (exact) mass is 291 g/mol. The third kappa shape index (κ3) is 2.96. The van der Waals surface area contributed by atoms with Gasteiger partial charge in [-0.15, -0.1) is 0 Å². The van der Waals surface area contributed by atoms with Crippen molar-refractivity contribution in [2.45, 2.75) is 57.4 Å². The van der Waals surface area contributed by atoms with Crippen molar-refractivity contribution in [3.63, 3.8) is 0 Å². The Morgan fingerprint density at radius 1 is 1.24 bits per heavy atom. The summed E-state index contributed by atoms with van der Waals surface area (Å²) in [5, 5.41) is 9.73. The topological polar surface area (TPSA) is 87.3 Å². The lowest BCUT2D eigenvalue weighted by Gasteiger charge is -2.31. The molecule has 1 aromatic heterocycles. The second kappa shape index (κ2) is 6.15. The molecule has 0 radical (unpaired) electrons. The van der Waals surface area contributed by atoms with Gasteiger partial charge in [-0.1, -0.05) is 12.8 Å². The Bertz CT molecular complexity index is 503. The predicted molar refractivity (Wildman–Crippen MR) is 83.2 cm³/mol.